The average Bonchev–Trinajstić information content (AvgIpc) is 2.60. The van der Waals surface area contributed by atoms with Gasteiger partial charge >= 0.3 is 5.97 Å². The maximum Gasteiger partial charge on any atom is 0.318 e. The molecule has 1 fully saturated rings. The highest BCUT2D eigenvalue weighted by Crippen LogP contribution is 2.17. The first-order chi connectivity index (χ1) is 7.34. The van der Waals surface area contributed by atoms with Crippen LogP contribution in [-0.2, 0) is 9.59 Å². The molecular formula is C11H20N2O3. The number of nitrogens with one attached hydrogen (secondary N) is 1. The minimum Gasteiger partial charge on any atom is -0.480 e. The third-order valence-electron chi connectivity index (χ3n) is 3.14. The first kappa shape index (κ1) is 13.0. The van der Waals surface area contributed by atoms with E-state index < -0.39 is 17.3 Å². The SMILES string of the molecule is CN1CCC(CNC(=O)C(C)(C)C(=O)O)C1. The summed E-state index contributed by atoms with van der Waals surface area (Å²) >= 11 is 0. The molecule has 0 bridgehead atoms. The third kappa shape index (κ3) is 2.95. The van der Waals surface area contributed by atoms with Crippen molar-refractivity contribution < 1.29 is 14.7 Å². The number of carbonyl (C=O) groups is 2. The summed E-state index contributed by atoms with van der Waals surface area (Å²) in [6, 6.07) is 0. The molecule has 5 heteroatoms. The Balaban J connectivity index is 2.38. The highest BCUT2D eigenvalue weighted by Gasteiger charge is 2.36. The highest BCUT2D eigenvalue weighted by molar-refractivity contribution is 6.00. The van der Waals surface area contributed by atoms with Crippen molar-refractivity contribution in [2.24, 2.45) is 11.3 Å². The second kappa shape index (κ2) is 4.82. The van der Waals surface area contributed by atoms with Crippen LogP contribution >= 0.6 is 0 Å². The fourth-order valence-electron chi connectivity index (χ4n) is 1.75. The number of carboxylic acid groups (broad SMARTS) is 1. The van der Waals surface area contributed by atoms with Crippen molar-refractivity contribution in [1.82, 2.24) is 10.2 Å². The number of carboxylic acids is 1. The lowest BCUT2D eigenvalue weighted by Crippen LogP contribution is -2.44. The molecule has 0 aliphatic carbocycles. The summed E-state index contributed by atoms with van der Waals surface area (Å²) in [6.07, 6.45) is 1.06. The first-order valence-electron chi connectivity index (χ1n) is 5.54. The number of carbonyl (C=O) groups excluding carboxylic acids is 1. The third-order valence-corrected chi connectivity index (χ3v) is 3.14. The van der Waals surface area contributed by atoms with Crippen LogP contribution in [0.5, 0.6) is 0 Å². The van der Waals surface area contributed by atoms with Gasteiger partial charge in [0, 0.05) is 13.1 Å². The van der Waals surface area contributed by atoms with Gasteiger partial charge in [0.2, 0.25) is 5.91 Å². The van der Waals surface area contributed by atoms with E-state index in [1.54, 1.807) is 0 Å². The molecule has 92 valence electrons. The molecule has 0 aromatic heterocycles. The van der Waals surface area contributed by atoms with Crippen molar-refractivity contribution in [3.8, 4) is 0 Å². The Morgan fingerprint density at radius 1 is 1.50 bits per heavy atom. The largest absolute Gasteiger partial charge is 0.480 e. The van der Waals surface area contributed by atoms with Gasteiger partial charge in [-0.25, -0.2) is 0 Å². The molecule has 1 unspecified atom stereocenters. The van der Waals surface area contributed by atoms with Crippen LogP contribution in [0.25, 0.3) is 0 Å². The average molecular weight is 228 g/mol. The molecule has 0 spiro atoms. The number of likely N-dealkylation sites (tertiary alicyclic amines) is 1. The van der Waals surface area contributed by atoms with Crippen LogP contribution in [0, 0.1) is 11.3 Å². The molecule has 0 aromatic carbocycles. The van der Waals surface area contributed by atoms with Crippen molar-refractivity contribution in [1.29, 1.82) is 0 Å². The van der Waals surface area contributed by atoms with Gasteiger partial charge in [-0.1, -0.05) is 0 Å². The van der Waals surface area contributed by atoms with Crippen LogP contribution in [-0.4, -0.2) is 48.6 Å². The summed E-state index contributed by atoms with van der Waals surface area (Å²) in [7, 11) is 2.04. The standard InChI is InChI=1S/C11H20N2O3/c1-11(2,10(15)16)9(14)12-6-8-4-5-13(3)7-8/h8H,4-7H2,1-3H3,(H,12,14)(H,15,16). The molecule has 1 saturated heterocycles. The van der Waals surface area contributed by atoms with Gasteiger partial charge in [0.25, 0.3) is 0 Å². The fourth-order valence-corrected chi connectivity index (χ4v) is 1.75. The van der Waals surface area contributed by atoms with Crippen molar-refractivity contribution in [2.45, 2.75) is 20.3 Å². The molecule has 0 radical (unpaired) electrons. The van der Waals surface area contributed by atoms with E-state index in [-0.39, 0.29) is 0 Å². The summed E-state index contributed by atoms with van der Waals surface area (Å²) < 4.78 is 0. The second-order valence-corrected chi connectivity index (χ2v) is 5.06. The van der Waals surface area contributed by atoms with Gasteiger partial charge in [-0.15, -0.1) is 0 Å². The van der Waals surface area contributed by atoms with Gasteiger partial charge in [0.15, 0.2) is 0 Å². The fraction of sp³-hybridized carbons (Fsp3) is 0.818. The molecule has 0 aromatic rings. The zero-order valence-electron chi connectivity index (χ0n) is 10.1. The summed E-state index contributed by atoms with van der Waals surface area (Å²) in [4.78, 5) is 24.7. The van der Waals surface area contributed by atoms with E-state index in [9.17, 15) is 9.59 Å². The summed E-state index contributed by atoms with van der Waals surface area (Å²) in [5.41, 5.74) is -1.34. The van der Waals surface area contributed by atoms with E-state index in [0.717, 1.165) is 19.5 Å². The smallest absolute Gasteiger partial charge is 0.318 e. The van der Waals surface area contributed by atoms with Crippen molar-refractivity contribution in [3.63, 3.8) is 0 Å². The summed E-state index contributed by atoms with van der Waals surface area (Å²) in [5.74, 6) is -1.05. The van der Waals surface area contributed by atoms with Crippen molar-refractivity contribution in [3.05, 3.63) is 0 Å². The molecule has 1 atom stereocenters. The van der Waals surface area contributed by atoms with Crippen LogP contribution < -0.4 is 5.32 Å². The number of aliphatic carboxylic acids is 1. The molecular weight excluding hydrogens is 208 g/mol. The molecule has 1 amide bonds. The topological polar surface area (TPSA) is 69.6 Å². The first-order valence-corrected chi connectivity index (χ1v) is 5.54. The zero-order valence-corrected chi connectivity index (χ0v) is 10.1. The number of amides is 1. The highest BCUT2D eigenvalue weighted by atomic mass is 16.4. The second-order valence-electron chi connectivity index (χ2n) is 5.06. The predicted molar refractivity (Wildman–Crippen MR) is 60.0 cm³/mol. The van der Waals surface area contributed by atoms with Gasteiger partial charge in [-0.3, -0.25) is 9.59 Å². The van der Waals surface area contributed by atoms with Gasteiger partial charge < -0.3 is 15.3 Å². The molecule has 0 saturated carbocycles. The van der Waals surface area contributed by atoms with Crippen LogP contribution in [0.1, 0.15) is 20.3 Å². The Morgan fingerprint density at radius 3 is 2.56 bits per heavy atom. The lowest BCUT2D eigenvalue weighted by atomic mass is 9.92. The predicted octanol–water partition coefficient (Wildman–Crippen LogP) is 0.165. The van der Waals surface area contributed by atoms with Gasteiger partial charge in [-0.05, 0) is 39.8 Å². The quantitative estimate of drug-likeness (QED) is 0.673. The van der Waals surface area contributed by atoms with E-state index in [4.69, 9.17) is 5.11 Å². The van der Waals surface area contributed by atoms with E-state index in [0.29, 0.717) is 12.5 Å². The molecule has 5 nitrogen and oxygen atoms in total. The maximum absolute atomic E-state index is 11.6. The molecule has 1 aliphatic rings. The maximum atomic E-state index is 11.6. The summed E-state index contributed by atoms with van der Waals surface area (Å²) in [6.45, 7) is 5.42. The van der Waals surface area contributed by atoms with E-state index >= 15 is 0 Å². The van der Waals surface area contributed by atoms with Gasteiger partial charge in [0.1, 0.15) is 5.41 Å². The van der Waals surface area contributed by atoms with Crippen molar-refractivity contribution >= 4 is 11.9 Å². The number of nitrogens with zero attached hydrogens (tertiary/aromatic N) is 1. The van der Waals surface area contributed by atoms with Crippen LogP contribution in [0.4, 0.5) is 0 Å². The van der Waals surface area contributed by atoms with Crippen LogP contribution in [0.3, 0.4) is 0 Å². The minimum atomic E-state index is -1.34. The molecule has 1 heterocycles. The normalized spacial score (nSPS) is 22.1. The molecule has 1 aliphatic heterocycles. The lowest BCUT2D eigenvalue weighted by Gasteiger charge is -2.20. The monoisotopic (exact) mass is 228 g/mol. The Bertz CT molecular complexity index is 289. The molecule has 2 N–H and O–H groups in total. The number of hydrogen-bond acceptors (Lipinski definition) is 3. The van der Waals surface area contributed by atoms with Crippen molar-refractivity contribution in [2.75, 3.05) is 26.7 Å². The van der Waals surface area contributed by atoms with Crippen LogP contribution in [0.15, 0.2) is 0 Å². The Kier molecular flexibility index (Phi) is 3.91. The lowest BCUT2D eigenvalue weighted by molar-refractivity contribution is -0.153. The minimum absolute atomic E-state index is 0.408. The van der Waals surface area contributed by atoms with E-state index in [2.05, 4.69) is 10.2 Å². The zero-order chi connectivity index (χ0) is 12.3. The Labute approximate surface area is 95.8 Å². The van der Waals surface area contributed by atoms with Gasteiger partial charge in [-0.2, -0.15) is 0 Å². The van der Waals surface area contributed by atoms with E-state index in [1.807, 2.05) is 7.05 Å². The molecule has 1 rings (SSSR count). The van der Waals surface area contributed by atoms with Crippen LogP contribution in [0.2, 0.25) is 0 Å². The molecule has 16 heavy (non-hydrogen) atoms. The summed E-state index contributed by atoms with van der Waals surface area (Å²) in [5, 5.41) is 11.6. The van der Waals surface area contributed by atoms with Gasteiger partial charge in [0.05, 0.1) is 0 Å². The Morgan fingerprint density at radius 2 is 2.12 bits per heavy atom. The number of rotatable bonds is 4. The number of hydrogen-bond donors (Lipinski definition) is 2. The van der Waals surface area contributed by atoms with E-state index in [1.165, 1.54) is 13.8 Å². The Hall–Kier alpha value is -1.10.